The molecule has 1 aromatic rings. The van der Waals surface area contributed by atoms with Crippen molar-refractivity contribution >= 4 is 0 Å². The molecule has 0 aromatic heterocycles. The van der Waals surface area contributed by atoms with E-state index in [-0.39, 0.29) is 6.10 Å². The zero-order chi connectivity index (χ0) is 13.7. The Morgan fingerprint density at radius 1 is 1.26 bits per heavy atom. The van der Waals surface area contributed by atoms with Gasteiger partial charge in [0.25, 0.3) is 0 Å². The number of hydrogen-bond donors (Lipinski definition) is 1. The Labute approximate surface area is 117 Å². The molecule has 0 radical (unpaired) electrons. The molecular formula is C17H27NO. The molecule has 1 fully saturated rings. The number of nitrogens with zero attached hydrogens (tertiary/aromatic N) is 1. The second kappa shape index (κ2) is 7.06. The summed E-state index contributed by atoms with van der Waals surface area (Å²) in [5.41, 5.74) is 2.39. The van der Waals surface area contributed by atoms with Gasteiger partial charge in [0.2, 0.25) is 0 Å². The number of rotatable bonds is 5. The molecule has 2 unspecified atom stereocenters. The fourth-order valence-corrected chi connectivity index (χ4v) is 2.92. The summed E-state index contributed by atoms with van der Waals surface area (Å²) < 4.78 is 0. The van der Waals surface area contributed by atoms with Gasteiger partial charge in [0, 0.05) is 12.6 Å². The summed E-state index contributed by atoms with van der Waals surface area (Å²) >= 11 is 0. The van der Waals surface area contributed by atoms with E-state index in [1.807, 2.05) is 0 Å². The van der Waals surface area contributed by atoms with Gasteiger partial charge >= 0.3 is 0 Å². The molecule has 0 spiro atoms. The lowest BCUT2D eigenvalue weighted by atomic mass is 10.0. The van der Waals surface area contributed by atoms with Gasteiger partial charge in [-0.3, -0.25) is 0 Å². The highest BCUT2D eigenvalue weighted by Gasteiger charge is 2.19. The zero-order valence-corrected chi connectivity index (χ0v) is 12.3. The van der Waals surface area contributed by atoms with Gasteiger partial charge in [-0.15, -0.1) is 0 Å². The molecule has 1 N–H and O–H groups in total. The Kier molecular flexibility index (Phi) is 5.41. The number of benzene rings is 1. The maximum absolute atomic E-state index is 10.3. The maximum Gasteiger partial charge on any atom is 0.0802 e. The van der Waals surface area contributed by atoms with Crippen LogP contribution in [0.15, 0.2) is 24.3 Å². The van der Waals surface area contributed by atoms with Crippen LogP contribution in [0.25, 0.3) is 0 Å². The lowest BCUT2D eigenvalue weighted by molar-refractivity contribution is 0.109. The van der Waals surface area contributed by atoms with Gasteiger partial charge in [-0.2, -0.15) is 0 Å². The first-order chi connectivity index (χ1) is 9.20. The molecule has 0 bridgehead atoms. The van der Waals surface area contributed by atoms with Crippen LogP contribution >= 0.6 is 0 Å². The van der Waals surface area contributed by atoms with E-state index in [1.54, 1.807) is 0 Å². The van der Waals surface area contributed by atoms with Crippen molar-refractivity contribution in [2.45, 2.75) is 58.1 Å². The molecule has 2 rings (SSSR count). The molecular weight excluding hydrogens is 234 g/mol. The molecule has 1 aromatic carbocycles. The molecule has 0 aliphatic carbocycles. The highest BCUT2D eigenvalue weighted by molar-refractivity contribution is 5.24. The summed E-state index contributed by atoms with van der Waals surface area (Å²) in [7, 11) is 0. The molecule has 0 saturated carbocycles. The average Bonchev–Trinajstić information content (AvgIpc) is 2.46. The summed E-state index contributed by atoms with van der Waals surface area (Å²) in [6, 6.07) is 9.08. The Hall–Kier alpha value is -0.860. The largest absolute Gasteiger partial charge is 0.388 e. The van der Waals surface area contributed by atoms with E-state index in [0.29, 0.717) is 6.04 Å². The van der Waals surface area contributed by atoms with Gasteiger partial charge in [-0.05, 0) is 50.3 Å². The van der Waals surface area contributed by atoms with Crippen molar-refractivity contribution in [3.63, 3.8) is 0 Å². The van der Waals surface area contributed by atoms with Crippen LogP contribution in [-0.4, -0.2) is 29.1 Å². The quantitative estimate of drug-likeness (QED) is 0.876. The summed E-state index contributed by atoms with van der Waals surface area (Å²) in [4.78, 5) is 2.52. The standard InChI is InChI=1S/C17H27NO/c1-3-15-7-9-16(10-8-15)17(19)11-13-18-12-5-4-6-14(18)2/h7-10,14,17,19H,3-6,11-13H2,1-2H3. The van der Waals surface area contributed by atoms with E-state index in [0.717, 1.165) is 24.9 Å². The highest BCUT2D eigenvalue weighted by Crippen LogP contribution is 2.21. The van der Waals surface area contributed by atoms with Crippen LogP contribution in [-0.2, 0) is 6.42 Å². The van der Waals surface area contributed by atoms with Crippen molar-refractivity contribution < 1.29 is 5.11 Å². The van der Waals surface area contributed by atoms with Crippen molar-refractivity contribution in [2.24, 2.45) is 0 Å². The van der Waals surface area contributed by atoms with Gasteiger partial charge in [-0.25, -0.2) is 0 Å². The molecule has 1 aliphatic rings. The Bertz CT molecular complexity index is 373. The zero-order valence-electron chi connectivity index (χ0n) is 12.3. The van der Waals surface area contributed by atoms with E-state index in [1.165, 1.54) is 31.4 Å². The van der Waals surface area contributed by atoms with Gasteiger partial charge in [0.05, 0.1) is 6.10 Å². The topological polar surface area (TPSA) is 23.5 Å². The van der Waals surface area contributed by atoms with E-state index in [2.05, 4.69) is 43.0 Å². The molecule has 1 aliphatic heterocycles. The van der Waals surface area contributed by atoms with Gasteiger partial charge in [-0.1, -0.05) is 37.6 Å². The third kappa shape index (κ3) is 4.05. The predicted octanol–water partition coefficient (Wildman–Crippen LogP) is 3.55. The van der Waals surface area contributed by atoms with Gasteiger partial charge in [0.15, 0.2) is 0 Å². The highest BCUT2D eigenvalue weighted by atomic mass is 16.3. The van der Waals surface area contributed by atoms with Crippen LogP contribution in [0, 0.1) is 0 Å². The van der Waals surface area contributed by atoms with Crippen LogP contribution < -0.4 is 0 Å². The smallest absolute Gasteiger partial charge is 0.0802 e. The van der Waals surface area contributed by atoms with Crippen molar-refractivity contribution in [3.8, 4) is 0 Å². The third-order valence-electron chi connectivity index (χ3n) is 4.40. The van der Waals surface area contributed by atoms with Crippen LogP contribution in [0.2, 0.25) is 0 Å². The number of aryl methyl sites for hydroxylation is 1. The summed E-state index contributed by atoms with van der Waals surface area (Å²) in [6.07, 6.45) is 5.56. The van der Waals surface area contributed by atoms with E-state index >= 15 is 0 Å². The number of piperidine rings is 1. The number of aliphatic hydroxyl groups is 1. The number of likely N-dealkylation sites (tertiary alicyclic amines) is 1. The Morgan fingerprint density at radius 3 is 2.63 bits per heavy atom. The second-order valence-electron chi connectivity index (χ2n) is 5.78. The van der Waals surface area contributed by atoms with Crippen molar-refractivity contribution in [1.82, 2.24) is 4.90 Å². The Morgan fingerprint density at radius 2 is 2.00 bits per heavy atom. The average molecular weight is 261 g/mol. The minimum Gasteiger partial charge on any atom is -0.388 e. The monoisotopic (exact) mass is 261 g/mol. The lowest BCUT2D eigenvalue weighted by Crippen LogP contribution is -2.38. The minimum absolute atomic E-state index is 0.319. The molecule has 2 nitrogen and oxygen atoms in total. The van der Waals surface area contributed by atoms with E-state index in [9.17, 15) is 5.11 Å². The van der Waals surface area contributed by atoms with Crippen LogP contribution in [0.5, 0.6) is 0 Å². The first kappa shape index (κ1) is 14.5. The molecule has 106 valence electrons. The van der Waals surface area contributed by atoms with E-state index in [4.69, 9.17) is 0 Å². The third-order valence-corrected chi connectivity index (χ3v) is 4.40. The second-order valence-corrected chi connectivity index (χ2v) is 5.78. The van der Waals surface area contributed by atoms with Crippen LogP contribution in [0.3, 0.4) is 0 Å². The van der Waals surface area contributed by atoms with Crippen molar-refractivity contribution in [3.05, 3.63) is 35.4 Å². The van der Waals surface area contributed by atoms with Gasteiger partial charge < -0.3 is 10.0 Å². The van der Waals surface area contributed by atoms with Crippen molar-refractivity contribution in [2.75, 3.05) is 13.1 Å². The number of hydrogen-bond acceptors (Lipinski definition) is 2. The SMILES string of the molecule is CCc1ccc(C(O)CCN2CCCCC2C)cc1. The molecule has 1 heterocycles. The summed E-state index contributed by atoms with van der Waals surface area (Å²) in [5.74, 6) is 0. The molecule has 19 heavy (non-hydrogen) atoms. The predicted molar refractivity (Wildman–Crippen MR) is 80.3 cm³/mol. The molecule has 2 atom stereocenters. The van der Waals surface area contributed by atoms with Gasteiger partial charge in [0.1, 0.15) is 0 Å². The fraction of sp³-hybridized carbons (Fsp3) is 0.647. The molecule has 1 saturated heterocycles. The summed E-state index contributed by atoms with van der Waals surface area (Å²) in [6.45, 7) is 6.67. The maximum atomic E-state index is 10.3. The molecule has 2 heteroatoms. The van der Waals surface area contributed by atoms with Crippen molar-refractivity contribution in [1.29, 1.82) is 0 Å². The molecule has 0 amide bonds. The minimum atomic E-state index is -0.319. The van der Waals surface area contributed by atoms with E-state index < -0.39 is 0 Å². The number of aliphatic hydroxyl groups excluding tert-OH is 1. The lowest BCUT2D eigenvalue weighted by Gasteiger charge is -2.33. The Balaban J connectivity index is 1.84. The first-order valence-corrected chi connectivity index (χ1v) is 7.71. The van der Waals surface area contributed by atoms with Crippen LogP contribution in [0.1, 0.15) is 56.8 Å². The normalized spacial score (nSPS) is 22.4. The summed E-state index contributed by atoms with van der Waals surface area (Å²) in [5, 5.41) is 10.3. The van der Waals surface area contributed by atoms with Crippen LogP contribution in [0.4, 0.5) is 0 Å². The fourth-order valence-electron chi connectivity index (χ4n) is 2.92. The first-order valence-electron chi connectivity index (χ1n) is 7.71.